The van der Waals surface area contributed by atoms with Crippen LogP contribution in [-0.2, 0) is 28.2 Å². The topological polar surface area (TPSA) is 46.2 Å². The van der Waals surface area contributed by atoms with Gasteiger partial charge in [0.2, 0.25) is 10.0 Å². The molecule has 0 spiro atoms. The van der Waals surface area contributed by atoms with Crippen LogP contribution >= 0.6 is 11.6 Å². The molecule has 10 heteroatoms. The highest BCUT2D eigenvalue weighted by molar-refractivity contribution is 7.89. The normalized spacial score (nSPS) is 14.2. The van der Waals surface area contributed by atoms with Crippen LogP contribution in [-0.4, -0.2) is 14.3 Å². The Morgan fingerprint density at radius 1 is 0.781 bits per heavy atom. The van der Waals surface area contributed by atoms with Gasteiger partial charge in [-0.25, -0.2) is 17.2 Å². The maximum absolute atomic E-state index is 14.2. The van der Waals surface area contributed by atoms with Crippen LogP contribution in [0, 0.1) is 11.6 Å². The smallest absolute Gasteiger partial charge is 0.207 e. The van der Waals surface area contributed by atoms with Gasteiger partial charge in [-0.3, -0.25) is 0 Å². The van der Waals surface area contributed by atoms with Gasteiger partial charge in [0.1, 0.15) is 11.6 Å². The van der Waals surface area contributed by atoms with Crippen molar-refractivity contribution in [3.05, 3.63) is 101 Å². The van der Waals surface area contributed by atoms with E-state index in [1.807, 2.05) is 0 Å². The summed E-state index contributed by atoms with van der Waals surface area (Å²) in [6.07, 6.45) is -4.69. The second-order valence-electron chi connectivity index (χ2n) is 7.11. The molecule has 0 fully saturated rings. The van der Waals surface area contributed by atoms with Crippen molar-refractivity contribution in [3.63, 3.8) is 0 Å². The van der Waals surface area contributed by atoms with Crippen molar-refractivity contribution in [1.82, 2.24) is 4.72 Å². The third-order valence-corrected chi connectivity index (χ3v) is 6.90. The molecule has 32 heavy (non-hydrogen) atoms. The SMILES string of the molecule is O=S(=O)(NC(CCl)(Cc1ccccc1)c1ccc(C(F)(F)F)cc1)c1c(F)cccc1F. The Kier molecular flexibility index (Phi) is 6.92. The van der Waals surface area contributed by atoms with Crippen molar-refractivity contribution in [1.29, 1.82) is 0 Å². The van der Waals surface area contributed by atoms with E-state index < -0.39 is 49.7 Å². The lowest BCUT2D eigenvalue weighted by atomic mass is 9.86. The van der Waals surface area contributed by atoms with E-state index in [0.29, 0.717) is 5.56 Å². The fraction of sp³-hybridized carbons (Fsp3) is 0.182. The molecule has 3 aromatic rings. The monoisotopic (exact) mass is 489 g/mol. The molecule has 1 atom stereocenters. The standard InChI is InChI=1S/C22H17ClF5NO2S/c23-14-21(13-15-5-2-1-3-6-15,16-9-11-17(12-10-16)22(26,27)28)29-32(30,31)20-18(24)7-4-8-19(20)25/h1-12,29H,13-14H2. The van der Waals surface area contributed by atoms with Crippen LogP contribution in [0.25, 0.3) is 0 Å². The Bertz CT molecular complexity index is 1160. The van der Waals surface area contributed by atoms with Gasteiger partial charge in [-0.05, 0) is 41.8 Å². The third-order valence-electron chi connectivity index (χ3n) is 4.86. The van der Waals surface area contributed by atoms with Crippen LogP contribution < -0.4 is 4.72 Å². The largest absolute Gasteiger partial charge is 0.416 e. The number of hydrogen-bond donors (Lipinski definition) is 1. The highest BCUT2D eigenvalue weighted by atomic mass is 35.5. The van der Waals surface area contributed by atoms with E-state index in [1.54, 1.807) is 30.3 Å². The summed E-state index contributed by atoms with van der Waals surface area (Å²) < 4.78 is 95.7. The minimum atomic E-state index is -4.80. The first-order chi connectivity index (χ1) is 15.0. The summed E-state index contributed by atoms with van der Waals surface area (Å²) in [7, 11) is -4.80. The fourth-order valence-electron chi connectivity index (χ4n) is 3.32. The van der Waals surface area contributed by atoms with Gasteiger partial charge in [0, 0.05) is 5.88 Å². The molecule has 170 valence electrons. The lowest BCUT2D eigenvalue weighted by molar-refractivity contribution is -0.137. The van der Waals surface area contributed by atoms with Gasteiger partial charge >= 0.3 is 6.18 Å². The Balaban J connectivity index is 2.14. The molecule has 0 aliphatic carbocycles. The molecule has 0 saturated carbocycles. The summed E-state index contributed by atoms with van der Waals surface area (Å²) in [4.78, 5) is -1.20. The van der Waals surface area contributed by atoms with Crippen molar-refractivity contribution < 1.29 is 30.4 Å². The summed E-state index contributed by atoms with van der Waals surface area (Å²) in [6, 6.07) is 14.8. The Labute approximate surface area is 186 Å². The molecule has 0 heterocycles. The molecule has 3 aromatic carbocycles. The molecule has 0 amide bonds. The first kappa shape index (κ1) is 24.2. The van der Waals surface area contributed by atoms with Gasteiger partial charge in [0.15, 0.2) is 4.90 Å². The van der Waals surface area contributed by atoms with E-state index in [2.05, 4.69) is 4.72 Å². The van der Waals surface area contributed by atoms with Gasteiger partial charge in [0.05, 0.1) is 11.1 Å². The first-order valence-corrected chi connectivity index (χ1v) is 11.3. The summed E-state index contributed by atoms with van der Waals surface area (Å²) in [5, 5.41) is 0. The molecule has 0 radical (unpaired) electrons. The van der Waals surface area contributed by atoms with E-state index >= 15 is 0 Å². The number of halogens is 6. The summed E-state index contributed by atoms with van der Waals surface area (Å²) >= 11 is 6.17. The van der Waals surface area contributed by atoms with Crippen LogP contribution in [0.2, 0.25) is 0 Å². The quantitative estimate of drug-likeness (QED) is 0.345. The van der Waals surface area contributed by atoms with Crippen LogP contribution in [0.1, 0.15) is 16.7 Å². The summed E-state index contributed by atoms with van der Waals surface area (Å²) in [6.45, 7) is 0. The lowest BCUT2D eigenvalue weighted by Crippen LogP contribution is -2.49. The summed E-state index contributed by atoms with van der Waals surface area (Å²) in [5.74, 6) is -3.05. The van der Waals surface area contributed by atoms with E-state index in [1.165, 1.54) is 0 Å². The van der Waals surface area contributed by atoms with Gasteiger partial charge in [-0.2, -0.15) is 17.9 Å². The van der Waals surface area contributed by atoms with Gasteiger partial charge in [0.25, 0.3) is 0 Å². The molecule has 0 aromatic heterocycles. The molecule has 0 aliphatic heterocycles. The number of sulfonamides is 1. The Morgan fingerprint density at radius 2 is 1.31 bits per heavy atom. The molecule has 0 saturated heterocycles. The fourth-order valence-corrected chi connectivity index (χ4v) is 5.24. The molecule has 3 nitrogen and oxygen atoms in total. The molecule has 1 unspecified atom stereocenters. The van der Waals surface area contributed by atoms with E-state index in [-0.39, 0.29) is 12.0 Å². The van der Waals surface area contributed by atoms with Crippen molar-refractivity contribution >= 4 is 21.6 Å². The predicted molar refractivity (Wildman–Crippen MR) is 111 cm³/mol. The molecule has 0 bridgehead atoms. The molecule has 3 rings (SSSR count). The summed E-state index contributed by atoms with van der Waals surface area (Å²) in [5.41, 5.74) is -1.93. The van der Waals surface area contributed by atoms with E-state index in [9.17, 15) is 30.4 Å². The Morgan fingerprint density at radius 3 is 1.81 bits per heavy atom. The highest BCUT2D eigenvalue weighted by Gasteiger charge is 2.39. The highest BCUT2D eigenvalue weighted by Crippen LogP contribution is 2.34. The molecular formula is C22H17ClF5NO2S. The molecular weight excluding hydrogens is 473 g/mol. The zero-order chi connectivity index (χ0) is 23.6. The van der Waals surface area contributed by atoms with E-state index in [4.69, 9.17) is 11.6 Å². The van der Waals surface area contributed by atoms with Gasteiger partial charge < -0.3 is 0 Å². The van der Waals surface area contributed by atoms with Crippen LogP contribution in [0.3, 0.4) is 0 Å². The van der Waals surface area contributed by atoms with Gasteiger partial charge in [-0.1, -0.05) is 48.5 Å². The average molecular weight is 490 g/mol. The average Bonchev–Trinajstić information content (AvgIpc) is 2.73. The minimum absolute atomic E-state index is 0.0853. The van der Waals surface area contributed by atoms with Crippen molar-refractivity contribution in [2.75, 3.05) is 5.88 Å². The predicted octanol–water partition coefficient (Wildman–Crippen LogP) is 5.64. The zero-order valence-corrected chi connectivity index (χ0v) is 17.9. The molecule has 0 aliphatic rings. The maximum Gasteiger partial charge on any atom is 0.416 e. The van der Waals surface area contributed by atoms with Crippen LogP contribution in [0.15, 0.2) is 77.7 Å². The second-order valence-corrected chi connectivity index (χ2v) is 9.00. The van der Waals surface area contributed by atoms with Crippen LogP contribution in [0.5, 0.6) is 0 Å². The van der Waals surface area contributed by atoms with Gasteiger partial charge in [-0.15, -0.1) is 11.6 Å². The second kappa shape index (κ2) is 9.17. The van der Waals surface area contributed by atoms with Crippen molar-refractivity contribution in [2.45, 2.75) is 23.0 Å². The maximum atomic E-state index is 14.2. The third kappa shape index (κ3) is 5.11. The van der Waals surface area contributed by atoms with Crippen LogP contribution in [0.4, 0.5) is 22.0 Å². The van der Waals surface area contributed by atoms with Crippen molar-refractivity contribution in [3.8, 4) is 0 Å². The lowest BCUT2D eigenvalue weighted by Gasteiger charge is -2.34. The first-order valence-electron chi connectivity index (χ1n) is 9.24. The van der Waals surface area contributed by atoms with E-state index in [0.717, 1.165) is 42.5 Å². The number of rotatable bonds is 7. The number of benzene rings is 3. The number of alkyl halides is 4. The minimum Gasteiger partial charge on any atom is -0.207 e. The zero-order valence-electron chi connectivity index (χ0n) is 16.3. The van der Waals surface area contributed by atoms with Crippen molar-refractivity contribution in [2.24, 2.45) is 0 Å². The Hall–Kier alpha value is -2.49. The molecule has 1 N–H and O–H groups in total. The number of nitrogens with one attached hydrogen (secondary N) is 1. The number of hydrogen-bond acceptors (Lipinski definition) is 2.